The van der Waals surface area contributed by atoms with E-state index in [1.165, 1.54) is 6.21 Å². The lowest BCUT2D eigenvalue weighted by Gasteiger charge is -2.11. The molecule has 4 heterocycles. The quantitative estimate of drug-likeness (QED) is 0.0406. The van der Waals surface area contributed by atoms with Crippen molar-refractivity contribution >= 4 is 92.0 Å². The molecule has 0 fully saturated rings. The number of aldehydes is 1. The normalized spacial score (nSPS) is 11.0. The summed E-state index contributed by atoms with van der Waals surface area (Å²) in [6.07, 6.45) is 5.68. The fourth-order valence-electron chi connectivity index (χ4n) is 4.52. The van der Waals surface area contributed by atoms with Crippen molar-refractivity contribution < 1.29 is 15.2 Å². The summed E-state index contributed by atoms with van der Waals surface area (Å²) in [6.45, 7) is 8.57. The lowest BCUT2D eigenvalue weighted by molar-refractivity contribution is 0.111. The van der Waals surface area contributed by atoms with E-state index >= 15 is 0 Å². The Bertz CT molecular complexity index is 1920. The van der Waals surface area contributed by atoms with Crippen LogP contribution in [0.1, 0.15) is 43.9 Å². The van der Waals surface area contributed by atoms with Crippen LogP contribution in [0.5, 0.6) is 0 Å². The molecule has 9 nitrogen and oxygen atoms in total. The highest BCUT2D eigenvalue weighted by Gasteiger charge is 2.12. The Kier molecular flexibility index (Phi) is 12.8. The fraction of sp³-hybridized carbons (Fsp3) is 0.188. The molecule has 228 valence electrons. The second kappa shape index (κ2) is 16.3. The largest absolute Gasteiger partial charge is 0.411 e. The van der Waals surface area contributed by atoms with Crippen molar-refractivity contribution in [2.24, 2.45) is 11.1 Å². The number of rotatable bonds is 6. The summed E-state index contributed by atoms with van der Waals surface area (Å²) in [4.78, 5) is 31.2. The van der Waals surface area contributed by atoms with E-state index in [9.17, 15) is 4.79 Å². The Morgan fingerprint density at radius 3 is 1.61 bits per heavy atom. The van der Waals surface area contributed by atoms with Crippen molar-refractivity contribution in [3.05, 3.63) is 84.4 Å². The van der Waals surface area contributed by atoms with E-state index in [0.717, 1.165) is 59.7 Å². The molecule has 4 N–H and O–H groups in total. The molecule has 0 amide bonds. The van der Waals surface area contributed by atoms with Gasteiger partial charge in [-0.25, -0.2) is 15.9 Å². The van der Waals surface area contributed by atoms with Crippen LogP contribution in [-0.4, -0.2) is 53.4 Å². The molecule has 0 unspecified atom stereocenters. The topological polar surface area (TPSA) is 147 Å². The maximum atomic E-state index is 11.1. The number of hydrogen-bond acceptors (Lipinski definition) is 11. The van der Waals surface area contributed by atoms with Crippen molar-refractivity contribution in [3.63, 3.8) is 0 Å². The SMILES string of the molecule is CC(C)Sc1cc(/C=N/O)nc2c1ccc1cccnc12.CC(C)Sc1cc(C=O)nc2c1ccc1cccnc12.Cl.NO. The summed E-state index contributed by atoms with van der Waals surface area (Å²) in [5.74, 6) is 3.50. The third-order valence-corrected chi connectivity index (χ3v) is 8.23. The Morgan fingerprint density at radius 2 is 1.18 bits per heavy atom. The first-order chi connectivity index (χ1) is 20.9. The summed E-state index contributed by atoms with van der Waals surface area (Å²) < 4.78 is 0. The standard InChI is InChI=1S/C16H15N3OS.C16H14N2OS.ClH.H3NO/c1-10(2)21-14-8-12(9-18-20)19-16-13(14)6-5-11-4-3-7-17-15(11)16;1-10(2)20-14-8-12(9-19)18-16-13(14)6-5-11-4-3-7-17-15(11)16;;1-2/h3-10,20H,1-2H3;3-10H,1-2H3;1H;2H,1H2/b18-9+;;;. The van der Waals surface area contributed by atoms with Crippen LogP contribution < -0.4 is 5.90 Å². The third kappa shape index (κ3) is 7.99. The van der Waals surface area contributed by atoms with Gasteiger partial charge in [0.25, 0.3) is 0 Å². The van der Waals surface area contributed by atoms with Crippen molar-refractivity contribution in [3.8, 4) is 0 Å². The number of carbonyl (C=O) groups is 1. The smallest absolute Gasteiger partial charge is 0.168 e. The molecule has 2 aromatic carbocycles. The van der Waals surface area contributed by atoms with E-state index in [4.69, 9.17) is 10.4 Å². The molecule has 0 radical (unpaired) electrons. The Balaban J connectivity index is 0.000000223. The monoisotopic (exact) mass is 648 g/mol. The van der Waals surface area contributed by atoms with E-state index < -0.39 is 0 Å². The summed E-state index contributed by atoms with van der Waals surface area (Å²) in [5, 5.41) is 23.5. The molecule has 0 bridgehead atoms. The van der Waals surface area contributed by atoms with Gasteiger partial charge in [0.2, 0.25) is 0 Å². The van der Waals surface area contributed by atoms with Gasteiger partial charge in [-0.05, 0) is 24.3 Å². The van der Waals surface area contributed by atoms with Crippen LogP contribution in [0, 0.1) is 0 Å². The van der Waals surface area contributed by atoms with E-state index in [-0.39, 0.29) is 12.4 Å². The third-order valence-electron chi connectivity index (χ3n) is 6.10. The maximum Gasteiger partial charge on any atom is 0.168 e. The van der Waals surface area contributed by atoms with Crippen LogP contribution in [0.2, 0.25) is 0 Å². The van der Waals surface area contributed by atoms with Crippen LogP contribution in [0.4, 0.5) is 0 Å². The average molecular weight is 649 g/mol. The molecule has 0 aliphatic carbocycles. The van der Waals surface area contributed by atoms with Crippen LogP contribution in [-0.2, 0) is 0 Å². The Labute approximate surface area is 269 Å². The highest BCUT2D eigenvalue weighted by atomic mass is 35.5. The van der Waals surface area contributed by atoms with Crippen LogP contribution in [0.15, 0.2) is 88.0 Å². The minimum atomic E-state index is 0. The zero-order chi connectivity index (χ0) is 30.9. The first-order valence-corrected chi connectivity index (χ1v) is 15.2. The van der Waals surface area contributed by atoms with E-state index in [2.05, 4.69) is 82.9 Å². The van der Waals surface area contributed by atoms with E-state index in [1.807, 2.05) is 36.4 Å². The number of thioether (sulfide) groups is 2. The van der Waals surface area contributed by atoms with Crippen molar-refractivity contribution in [1.82, 2.24) is 19.9 Å². The molecular formula is C32H33ClN6O3S2. The maximum absolute atomic E-state index is 11.1. The fourth-order valence-corrected chi connectivity index (χ4v) is 6.50. The molecule has 6 rings (SSSR count). The average Bonchev–Trinajstić information content (AvgIpc) is 3.01. The minimum absolute atomic E-state index is 0. The molecule has 0 saturated heterocycles. The van der Waals surface area contributed by atoms with Gasteiger partial charge in [-0.3, -0.25) is 14.8 Å². The molecule has 0 saturated carbocycles. The molecule has 12 heteroatoms. The lowest BCUT2D eigenvalue weighted by atomic mass is 10.1. The zero-order valence-corrected chi connectivity index (χ0v) is 27.0. The summed E-state index contributed by atoms with van der Waals surface area (Å²) >= 11 is 3.50. The van der Waals surface area contributed by atoms with Crippen LogP contribution in [0.25, 0.3) is 43.6 Å². The molecule has 0 aliphatic rings. The van der Waals surface area contributed by atoms with Gasteiger partial charge in [0.15, 0.2) is 6.29 Å². The van der Waals surface area contributed by atoms with Gasteiger partial charge in [-0.1, -0.05) is 69.2 Å². The number of nitrogens with zero attached hydrogens (tertiary/aromatic N) is 5. The number of halogens is 1. The molecule has 4 aromatic heterocycles. The number of hydrogen-bond donors (Lipinski definition) is 3. The summed E-state index contributed by atoms with van der Waals surface area (Å²) in [6, 6.07) is 19.9. The minimum Gasteiger partial charge on any atom is -0.411 e. The second-order valence-corrected chi connectivity index (χ2v) is 13.1. The van der Waals surface area contributed by atoms with Crippen molar-refractivity contribution in [2.75, 3.05) is 0 Å². The zero-order valence-electron chi connectivity index (χ0n) is 24.6. The van der Waals surface area contributed by atoms with Crippen molar-refractivity contribution in [2.45, 2.75) is 48.0 Å². The predicted octanol–water partition coefficient (Wildman–Crippen LogP) is 7.94. The highest BCUT2D eigenvalue weighted by Crippen LogP contribution is 2.34. The summed E-state index contributed by atoms with van der Waals surface area (Å²) in [7, 11) is 0. The number of aromatic nitrogens is 4. The Hall–Kier alpha value is -3.87. The van der Waals surface area contributed by atoms with E-state index in [1.54, 1.807) is 35.9 Å². The molecule has 0 spiro atoms. The number of oxime groups is 1. The number of fused-ring (bicyclic) bond motifs is 6. The number of benzene rings is 2. The predicted molar refractivity (Wildman–Crippen MR) is 184 cm³/mol. The van der Waals surface area contributed by atoms with Gasteiger partial charge >= 0.3 is 0 Å². The van der Waals surface area contributed by atoms with Gasteiger partial charge in [0.1, 0.15) is 5.69 Å². The van der Waals surface area contributed by atoms with Crippen molar-refractivity contribution in [1.29, 1.82) is 0 Å². The van der Waals surface area contributed by atoms with Gasteiger partial charge in [0.05, 0.1) is 34.0 Å². The number of pyridine rings is 4. The number of nitrogens with two attached hydrogens (primary N) is 1. The lowest BCUT2D eigenvalue weighted by Crippen LogP contribution is -1.95. The van der Waals surface area contributed by atoms with Gasteiger partial charge in [0, 0.05) is 54.2 Å². The first-order valence-electron chi connectivity index (χ1n) is 13.5. The van der Waals surface area contributed by atoms with E-state index in [0.29, 0.717) is 21.9 Å². The molecule has 44 heavy (non-hydrogen) atoms. The second-order valence-electron chi connectivity index (χ2n) is 9.86. The molecule has 0 aliphatic heterocycles. The summed E-state index contributed by atoms with van der Waals surface area (Å²) in [5.41, 5.74) is 4.45. The van der Waals surface area contributed by atoms with Gasteiger partial charge in [-0.2, -0.15) is 0 Å². The molecule has 6 aromatic rings. The first kappa shape index (κ1) is 34.6. The van der Waals surface area contributed by atoms with Gasteiger partial charge in [-0.15, -0.1) is 35.9 Å². The highest BCUT2D eigenvalue weighted by molar-refractivity contribution is 8.00. The van der Waals surface area contributed by atoms with Crippen LogP contribution >= 0.6 is 35.9 Å². The molecule has 0 atom stereocenters. The van der Waals surface area contributed by atoms with Gasteiger partial charge < -0.3 is 10.4 Å². The van der Waals surface area contributed by atoms with Crippen LogP contribution in [0.3, 0.4) is 0 Å². The number of carbonyl (C=O) groups excluding carboxylic acids is 1. The molecular weight excluding hydrogens is 616 g/mol. The Morgan fingerprint density at radius 1 is 0.727 bits per heavy atom.